The maximum Gasteiger partial charge on any atom is 0.0720 e. The summed E-state index contributed by atoms with van der Waals surface area (Å²) in [5.41, 5.74) is 18.1. The van der Waals surface area contributed by atoms with E-state index in [1.54, 1.807) is 0 Å². The number of benzene rings is 6. The van der Waals surface area contributed by atoms with E-state index in [-0.39, 0.29) is 6.04 Å². The summed E-state index contributed by atoms with van der Waals surface area (Å²) < 4.78 is 0. The highest BCUT2D eigenvalue weighted by atomic mass is 15.2. The number of fused-ring (bicyclic) bond motifs is 12. The highest BCUT2D eigenvalue weighted by Crippen LogP contribution is 2.68. The molecule has 0 aliphatic heterocycles. The molecule has 0 saturated heterocycles. The van der Waals surface area contributed by atoms with Crippen molar-refractivity contribution in [2.45, 2.75) is 36.1 Å². The third-order valence-electron chi connectivity index (χ3n) is 12.3. The molecule has 0 N–H and O–H groups in total. The molecular formula is C50H37N. The molecule has 0 fully saturated rings. The monoisotopic (exact) mass is 651 g/mol. The van der Waals surface area contributed by atoms with Crippen LogP contribution in [-0.2, 0) is 10.8 Å². The summed E-state index contributed by atoms with van der Waals surface area (Å²) in [7, 11) is 0. The van der Waals surface area contributed by atoms with Gasteiger partial charge in [0.2, 0.25) is 0 Å². The molecule has 0 aromatic heterocycles. The Labute approximate surface area is 300 Å². The lowest BCUT2D eigenvalue weighted by Gasteiger charge is -2.48. The molecule has 0 amide bonds. The summed E-state index contributed by atoms with van der Waals surface area (Å²) in [5, 5.41) is 0. The normalized spacial score (nSPS) is 22.5. The summed E-state index contributed by atoms with van der Waals surface area (Å²) >= 11 is 0. The van der Waals surface area contributed by atoms with Gasteiger partial charge in [-0.3, -0.25) is 0 Å². The van der Waals surface area contributed by atoms with E-state index in [0.29, 0.717) is 0 Å². The number of hydrogen-bond acceptors (Lipinski definition) is 1. The van der Waals surface area contributed by atoms with E-state index in [9.17, 15) is 0 Å². The van der Waals surface area contributed by atoms with Crippen molar-refractivity contribution in [2.24, 2.45) is 0 Å². The minimum Gasteiger partial charge on any atom is -0.338 e. The van der Waals surface area contributed by atoms with Crippen LogP contribution in [0.5, 0.6) is 0 Å². The van der Waals surface area contributed by atoms with Crippen molar-refractivity contribution in [1.82, 2.24) is 0 Å². The van der Waals surface area contributed by atoms with E-state index >= 15 is 0 Å². The fraction of sp³-hybridized carbons (Fsp3) is 0.120. The van der Waals surface area contributed by atoms with Crippen LogP contribution in [0.25, 0.3) is 22.3 Å². The Hall–Kier alpha value is -5.92. The van der Waals surface area contributed by atoms with Crippen molar-refractivity contribution in [1.29, 1.82) is 0 Å². The number of anilines is 1. The van der Waals surface area contributed by atoms with E-state index in [1.165, 1.54) is 78.1 Å². The van der Waals surface area contributed by atoms with Crippen molar-refractivity contribution in [2.75, 3.05) is 4.90 Å². The van der Waals surface area contributed by atoms with Crippen LogP contribution in [0.1, 0.15) is 63.8 Å². The quantitative estimate of drug-likeness (QED) is 0.183. The molecule has 6 aromatic rings. The molecule has 5 aliphatic carbocycles. The summed E-state index contributed by atoms with van der Waals surface area (Å²) in [5.74, 6) is 0. The van der Waals surface area contributed by atoms with Gasteiger partial charge in [0, 0.05) is 11.4 Å². The van der Waals surface area contributed by atoms with Gasteiger partial charge in [-0.2, -0.15) is 0 Å². The number of allylic oxidation sites excluding steroid dienone is 6. The second-order valence-electron chi connectivity index (χ2n) is 14.6. The third-order valence-corrected chi connectivity index (χ3v) is 12.3. The zero-order valence-electron chi connectivity index (χ0n) is 28.5. The maximum absolute atomic E-state index is 2.62. The Morgan fingerprint density at radius 2 is 1.14 bits per heavy atom. The maximum atomic E-state index is 2.62. The van der Waals surface area contributed by atoms with Crippen molar-refractivity contribution in [3.8, 4) is 22.3 Å². The molecule has 1 spiro atoms. The van der Waals surface area contributed by atoms with E-state index in [4.69, 9.17) is 0 Å². The lowest BCUT2D eigenvalue weighted by molar-refractivity contribution is 0.635. The molecule has 0 radical (unpaired) electrons. The van der Waals surface area contributed by atoms with Crippen molar-refractivity contribution in [3.05, 3.63) is 232 Å². The smallest absolute Gasteiger partial charge is 0.0720 e. The molecule has 3 atom stereocenters. The molecule has 1 nitrogen and oxygen atoms in total. The molecule has 3 unspecified atom stereocenters. The molecule has 5 aliphatic rings. The molecule has 0 heterocycles. The SMILES string of the molecule is C1=CCCC(N(c2ccc3c(c2)C2(c4ccccc4-3)c3ccccc3C3(c4ccccc4)c4ccccc4-c4cccc2c43)C2C=CC=CC2)=C1. The molecular weight excluding hydrogens is 615 g/mol. The first-order valence-corrected chi connectivity index (χ1v) is 18.4. The van der Waals surface area contributed by atoms with Crippen LogP contribution in [0.4, 0.5) is 5.69 Å². The highest BCUT2D eigenvalue weighted by molar-refractivity contribution is 5.96. The molecule has 1 heteroatoms. The van der Waals surface area contributed by atoms with Crippen LogP contribution >= 0.6 is 0 Å². The lowest BCUT2D eigenvalue weighted by Crippen LogP contribution is -2.43. The first-order valence-electron chi connectivity index (χ1n) is 18.4. The van der Waals surface area contributed by atoms with Gasteiger partial charge in [-0.15, -0.1) is 0 Å². The Balaban J connectivity index is 1.27. The van der Waals surface area contributed by atoms with E-state index in [1.807, 2.05) is 0 Å². The van der Waals surface area contributed by atoms with Gasteiger partial charge in [-0.05, 0) is 104 Å². The summed E-state index contributed by atoms with van der Waals surface area (Å²) in [6.07, 6.45) is 19.1. The Kier molecular flexibility index (Phi) is 6.11. The number of nitrogens with zero attached hydrogens (tertiary/aromatic N) is 1. The average molecular weight is 652 g/mol. The molecule has 0 saturated carbocycles. The van der Waals surface area contributed by atoms with Crippen LogP contribution < -0.4 is 4.90 Å². The summed E-state index contributed by atoms with van der Waals surface area (Å²) in [6.45, 7) is 0. The average Bonchev–Trinajstić information content (AvgIpc) is 3.68. The van der Waals surface area contributed by atoms with Gasteiger partial charge in [0.05, 0.1) is 16.9 Å². The van der Waals surface area contributed by atoms with Gasteiger partial charge < -0.3 is 4.90 Å². The van der Waals surface area contributed by atoms with E-state index in [0.717, 1.165) is 19.3 Å². The first kappa shape index (κ1) is 28.9. The largest absolute Gasteiger partial charge is 0.338 e. The third kappa shape index (κ3) is 3.66. The van der Waals surface area contributed by atoms with Gasteiger partial charge in [0.1, 0.15) is 0 Å². The van der Waals surface area contributed by atoms with Crippen LogP contribution in [0, 0.1) is 0 Å². The topological polar surface area (TPSA) is 3.24 Å². The van der Waals surface area contributed by atoms with Gasteiger partial charge in [0.25, 0.3) is 0 Å². The number of rotatable bonds is 4. The Morgan fingerprint density at radius 1 is 0.490 bits per heavy atom. The van der Waals surface area contributed by atoms with E-state index < -0.39 is 10.8 Å². The predicted molar refractivity (Wildman–Crippen MR) is 210 cm³/mol. The van der Waals surface area contributed by atoms with Crippen LogP contribution in [0.15, 0.2) is 188 Å². The molecule has 51 heavy (non-hydrogen) atoms. The van der Waals surface area contributed by atoms with Crippen LogP contribution in [0.3, 0.4) is 0 Å². The zero-order chi connectivity index (χ0) is 33.6. The van der Waals surface area contributed by atoms with Gasteiger partial charge in [0.15, 0.2) is 0 Å². The van der Waals surface area contributed by atoms with E-state index in [2.05, 4.69) is 187 Å². The molecule has 6 aromatic carbocycles. The first-order chi connectivity index (χ1) is 25.3. The summed E-state index contributed by atoms with van der Waals surface area (Å²) in [6, 6.07) is 53.8. The lowest BCUT2D eigenvalue weighted by atomic mass is 9.52. The van der Waals surface area contributed by atoms with Crippen molar-refractivity contribution >= 4 is 5.69 Å². The Bertz CT molecular complexity index is 2530. The van der Waals surface area contributed by atoms with Gasteiger partial charge in [-0.1, -0.05) is 164 Å². The molecule has 11 rings (SSSR count). The minimum absolute atomic E-state index is 0.269. The minimum atomic E-state index is -0.487. The fourth-order valence-electron chi connectivity index (χ4n) is 10.5. The Morgan fingerprint density at radius 3 is 1.88 bits per heavy atom. The van der Waals surface area contributed by atoms with Crippen LogP contribution in [-0.4, -0.2) is 6.04 Å². The zero-order valence-corrected chi connectivity index (χ0v) is 28.5. The molecule has 0 bridgehead atoms. The number of hydrogen-bond donors (Lipinski definition) is 0. The summed E-state index contributed by atoms with van der Waals surface area (Å²) in [4.78, 5) is 2.62. The van der Waals surface area contributed by atoms with Gasteiger partial charge in [-0.25, -0.2) is 0 Å². The van der Waals surface area contributed by atoms with Crippen molar-refractivity contribution in [3.63, 3.8) is 0 Å². The second-order valence-corrected chi connectivity index (χ2v) is 14.6. The standard InChI is InChI=1S/C50H37N/c1-4-17-34(18-5-1)49-42-26-12-11-24-39(42)41-25-16-30-46(48(41)49)50(45-29-15-14-28-44(45)49)43-27-13-10-23-38(43)40-32-31-37(33-47(40)50)51(35-19-6-2-7-20-35)36-21-8-3-9-22-36/h1-8,10-19,21,23-33,35H,9,20,22H2. The predicted octanol–water partition coefficient (Wildman–Crippen LogP) is 11.7. The second kappa shape index (κ2) is 10.8. The molecule has 242 valence electrons. The van der Waals surface area contributed by atoms with Crippen LogP contribution in [0.2, 0.25) is 0 Å². The fourth-order valence-corrected chi connectivity index (χ4v) is 10.5. The van der Waals surface area contributed by atoms with Crippen molar-refractivity contribution < 1.29 is 0 Å². The highest BCUT2D eigenvalue weighted by Gasteiger charge is 2.59. The van der Waals surface area contributed by atoms with Gasteiger partial charge >= 0.3 is 0 Å².